The summed E-state index contributed by atoms with van der Waals surface area (Å²) in [4.78, 5) is 10.9. The first-order chi connectivity index (χ1) is 8.24. The Labute approximate surface area is 104 Å². The zero-order valence-corrected chi connectivity index (χ0v) is 10.4. The van der Waals surface area contributed by atoms with Crippen molar-refractivity contribution in [3.8, 4) is 11.5 Å². The van der Waals surface area contributed by atoms with Crippen LogP contribution < -0.4 is 13.7 Å². The molecule has 0 atom stereocenters. The van der Waals surface area contributed by atoms with Gasteiger partial charge in [-0.2, -0.15) is 0 Å². The number of para-hydroxylation sites is 1. The van der Waals surface area contributed by atoms with Crippen LogP contribution in [0, 0.1) is 0 Å². The molecule has 0 aliphatic carbocycles. The number of rotatable bonds is 1. The number of hydrogen-bond acceptors (Lipinski definition) is 2. The quantitative estimate of drug-likeness (QED) is 0.684. The summed E-state index contributed by atoms with van der Waals surface area (Å²) in [5, 5.41) is 8.95. The molecule has 0 saturated heterocycles. The molecule has 2 aromatic rings. The summed E-state index contributed by atoms with van der Waals surface area (Å²) in [6, 6.07) is 12.9. The van der Waals surface area contributed by atoms with Gasteiger partial charge in [0.2, 0.25) is 0 Å². The van der Waals surface area contributed by atoms with Gasteiger partial charge in [0.25, 0.3) is 0 Å². The molecule has 84 valence electrons. The van der Waals surface area contributed by atoms with Gasteiger partial charge in [0.15, 0.2) is 0 Å². The van der Waals surface area contributed by atoms with Crippen molar-refractivity contribution in [1.82, 2.24) is 0 Å². The summed E-state index contributed by atoms with van der Waals surface area (Å²) >= 11 is 0.107. The van der Waals surface area contributed by atoms with Gasteiger partial charge in [0.1, 0.15) is 0 Å². The third-order valence-corrected chi connectivity index (χ3v) is 4.78. The third kappa shape index (κ3) is 1.82. The number of aromatic carboxylic acids is 1. The first-order valence-corrected chi connectivity index (χ1v) is 6.77. The summed E-state index contributed by atoms with van der Waals surface area (Å²) in [5.41, 5.74) is 0.314. The Morgan fingerprint density at radius 3 is 2.65 bits per heavy atom. The molecule has 1 heterocycles. The van der Waals surface area contributed by atoms with Gasteiger partial charge >= 0.3 is 104 Å². The van der Waals surface area contributed by atoms with Gasteiger partial charge in [-0.1, -0.05) is 0 Å². The van der Waals surface area contributed by atoms with Crippen molar-refractivity contribution in [2.45, 2.75) is 0 Å². The summed E-state index contributed by atoms with van der Waals surface area (Å²) in [7, 11) is 0. The van der Waals surface area contributed by atoms with Crippen molar-refractivity contribution in [1.29, 1.82) is 0 Å². The number of fused-ring (bicyclic) bond motifs is 2. The zero-order valence-electron chi connectivity index (χ0n) is 8.71. The van der Waals surface area contributed by atoms with E-state index < -0.39 is 5.97 Å². The van der Waals surface area contributed by atoms with E-state index in [4.69, 9.17) is 9.84 Å². The first-order valence-electron chi connectivity index (χ1n) is 5.06. The predicted octanol–water partition coefficient (Wildman–Crippen LogP) is 1.15. The number of ether oxygens (including phenoxy) is 1. The van der Waals surface area contributed by atoms with Crippen LogP contribution in [0.5, 0.6) is 11.5 Å². The van der Waals surface area contributed by atoms with Gasteiger partial charge in [-0.15, -0.1) is 0 Å². The topological polar surface area (TPSA) is 46.5 Å². The van der Waals surface area contributed by atoms with Crippen molar-refractivity contribution in [2.24, 2.45) is 0 Å². The Hall–Kier alpha value is -1.77. The van der Waals surface area contributed by atoms with E-state index in [0.717, 1.165) is 20.4 Å². The van der Waals surface area contributed by atoms with Crippen LogP contribution in [-0.4, -0.2) is 26.0 Å². The molecule has 0 bridgehead atoms. The Morgan fingerprint density at radius 1 is 1.06 bits per heavy atom. The molecule has 0 fully saturated rings. The average molecular weight is 291 g/mol. The van der Waals surface area contributed by atoms with Crippen LogP contribution in [0.1, 0.15) is 10.4 Å². The maximum absolute atomic E-state index is 10.9. The van der Waals surface area contributed by atoms with Crippen LogP contribution in [-0.2, 0) is 0 Å². The van der Waals surface area contributed by atoms with Crippen molar-refractivity contribution in [3.63, 3.8) is 0 Å². The van der Waals surface area contributed by atoms with Gasteiger partial charge in [-0.25, -0.2) is 0 Å². The van der Waals surface area contributed by atoms with Crippen LogP contribution in [0.3, 0.4) is 0 Å². The standard InChI is InChI=1S/C13H8O3Se/c14-13(15)8-5-6-10-12(7-8)17-11-4-2-1-3-9(11)16-10/h1-7H,(H,14,15). The molecule has 0 amide bonds. The van der Waals surface area contributed by atoms with Crippen molar-refractivity contribution < 1.29 is 14.6 Å². The van der Waals surface area contributed by atoms with E-state index in [2.05, 4.69) is 0 Å². The third-order valence-electron chi connectivity index (χ3n) is 2.48. The Balaban J connectivity index is 2.06. The van der Waals surface area contributed by atoms with E-state index in [-0.39, 0.29) is 15.0 Å². The summed E-state index contributed by atoms with van der Waals surface area (Å²) in [6.45, 7) is 0. The molecule has 3 rings (SSSR count). The molecule has 17 heavy (non-hydrogen) atoms. The number of hydrogen-bond donors (Lipinski definition) is 1. The molecule has 1 aliphatic heterocycles. The number of carboxylic acid groups (broad SMARTS) is 1. The molecular weight excluding hydrogens is 283 g/mol. The average Bonchev–Trinajstić information content (AvgIpc) is 2.35. The van der Waals surface area contributed by atoms with Crippen LogP contribution in [0.4, 0.5) is 0 Å². The van der Waals surface area contributed by atoms with E-state index in [9.17, 15) is 4.79 Å². The Kier molecular flexibility index (Phi) is 2.39. The molecule has 0 aromatic heterocycles. The zero-order chi connectivity index (χ0) is 11.8. The summed E-state index contributed by atoms with van der Waals surface area (Å²) < 4.78 is 7.87. The predicted molar refractivity (Wildman–Crippen MR) is 64.9 cm³/mol. The Bertz CT molecular complexity index is 607. The van der Waals surface area contributed by atoms with Crippen LogP contribution in [0.25, 0.3) is 0 Å². The number of carboxylic acids is 1. The fraction of sp³-hybridized carbons (Fsp3) is 0. The molecule has 1 N–H and O–H groups in total. The molecule has 1 aliphatic rings. The van der Waals surface area contributed by atoms with Crippen molar-refractivity contribution in [3.05, 3.63) is 48.0 Å². The normalized spacial score (nSPS) is 12.2. The van der Waals surface area contributed by atoms with Gasteiger partial charge in [0, 0.05) is 0 Å². The fourth-order valence-corrected chi connectivity index (χ4v) is 3.74. The van der Waals surface area contributed by atoms with Gasteiger partial charge in [-0.05, 0) is 0 Å². The molecule has 0 spiro atoms. The van der Waals surface area contributed by atoms with E-state index in [1.807, 2.05) is 24.3 Å². The first kappa shape index (κ1) is 10.4. The molecular formula is C13H8O3Se. The molecule has 0 saturated carbocycles. The van der Waals surface area contributed by atoms with Gasteiger partial charge in [-0.3, -0.25) is 0 Å². The maximum atomic E-state index is 10.9. The molecule has 4 heteroatoms. The molecule has 3 nitrogen and oxygen atoms in total. The van der Waals surface area contributed by atoms with Crippen molar-refractivity contribution in [2.75, 3.05) is 0 Å². The van der Waals surface area contributed by atoms with Crippen LogP contribution >= 0.6 is 0 Å². The van der Waals surface area contributed by atoms with E-state index in [1.54, 1.807) is 18.2 Å². The van der Waals surface area contributed by atoms with E-state index >= 15 is 0 Å². The second-order valence-corrected chi connectivity index (χ2v) is 5.89. The second kappa shape index (κ2) is 3.91. The monoisotopic (exact) mass is 292 g/mol. The van der Waals surface area contributed by atoms with Gasteiger partial charge in [0.05, 0.1) is 0 Å². The molecule has 0 unspecified atom stereocenters. The van der Waals surface area contributed by atoms with E-state index in [1.165, 1.54) is 0 Å². The number of carbonyl (C=O) groups is 1. The molecule has 0 radical (unpaired) electrons. The minimum atomic E-state index is -0.901. The minimum absolute atomic E-state index is 0.107. The molecule has 2 aromatic carbocycles. The van der Waals surface area contributed by atoms with Crippen LogP contribution in [0.2, 0.25) is 0 Å². The SMILES string of the molecule is O=C(O)c1ccc2c(c1)[Se]c1ccccc1O2. The Morgan fingerprint density at radius 2 is 1.82 bits per heavy atom. The van der Waals surface area contributed by atoms with Crippen molar-refractivity contribution >= 4 is 29.8 Å². The fourth-order valence-electron chi connectivity index (χ4n) is 1.66. The summed E-state index contributed by atoms with van der Waals surface area (Å²) in [6.07, 6.45) is 0. The van der Waals surface area contributed by atoms with Crippen LogP contribution in [0.15, 0.2) is 42.5 Å². The van der Waals surface area contributed by atoms with E-state index in [0.29, 0.717) is 5.56 Å². The van der Waals surface area contributed by atoms with Gasteiger partial charge < -0.3 is 0 Å². The summed E-state index contributed by atoms with van der Waals surface area (Å²) in [5.74, 6) is 0.749. The second-order valence-electron chi connectivity index (χ2n) is 3.62. The number of benzene rings is 2.